The SMILES string of the molecule is CC(c1cc2ccccc2o1)N(C)C(=O)c1ccc(Cl)nc1Cl. The van der Waals surface area contributed by atoms with E-state index in [1.165, 1.54) is 0 Å². The summed E-state index contributed by atoms with van der Waals surface area (Å²) in [6.45, 7) is 1.90. The third kappa shape index (κ3) is 3.05. The van der Waals surface area contributed by atoms with E-state index >= 15 is 0 Å². The first kappa shape index (κ1) is 15.8. The van der Waals surface area contributed by atoms with E-state index in [2.05, 4.69) is 4.98 Å². The average molecular weight is 349 g/mol. The van der Waals surface area contributed by atoms with Gasteiger partial charge in [-0.25, -0.2) is 4.98 Å². The number of furan rings is 1. The molecule has 118 valence electrons. The molecule has 1 aromatic carbocycles. The molecule has 1 unspecified atom stereocenters. The lowest BCUT2D eigenvalue weighted by molar-refractivity contribution is 0.0727. The highest BCUT2D eigenvalue weighted by Crippen LogP contribution is 2.28. The molecule has 0 aliphatic rings. The van der Waals surface area contributed by atoms with E-state index in [1.54, 1.807) is 24.1 Å². The molecule has 3 aromatic rings. The molecule has 2 heterocycles. The van der Waals surface area contributed by atoms with E-state index in [1.807, 2.05) is 37.3 Å². The fourth-order valence-electron chi connectivity index (χ4n) is 2.34. The smallest absolute Gasteiger partial charge is 0.257 e. The zero-order valence-corrected chi connectivity index (χ0v) is 14.1. The Labute approximate surface area is 143 Å². The number of fused-ring (bicyclic) bond motifs is 1. The molecule has 1 atom stereocenters. The van der Waals surface area contributed by atoms with Crippen molar-refractivity contribution in [3.05, 3.63) is 64.1 Å². The lowest BCUT2D eigenvalue weighted by Gasteiger charge is -2.23. The zero-order chi connectivity index (χ0) is 16.6. The van der Waals surface area contributed by atoms with Crippen molar-refractivity contribution in [3.8, 4) is 0 Å². The van der Waals surface area contributed by atoms with Crippen LogP contribution in [0.3, 0.4) is 0 Å². The first-order chi connectivity index (χ1) is 11.0. The minimum Gasteiger partial charge on any atom is -0.459 e. The van der Waals surface area contributed by atoms with Gasteiger partial charge in [0.2, 0.25) is 0 Å². The second-order valence-electron chi connectivity index (χ2n) is 5.25. The Morgan fingerprint density at radius 3 is 2.65 bits per heavy atom. The van der Waals surface area contributed by atoms with Crippen LogP contribution in [0.25, 0.3) is 11.0 Å². The molecule has 0 spiro atoms. The molecule has 0 saturated heterocycles. The largest absolute Gasteiger partial charge is 0.459 e. The Bertz CT molecular complexity index is 843. The minimum atomic E-state index is -0.248. The van der Waals surface area contributed by atoms with Crippen molar-refractivity contribution in [2.24, 2.45) is 0 Å². The summed E-state index contributed by atoms with van der Waals surface area (Å²) < 4.78 is 5.82. The Morgan fingerprint density at radius 1 is 1.22 bits per heavy atom. The minimum absolute atomic E-state index is 0.0890. The number of benzene rings is 1. The van der Waals surface area contributed by atoms with Crippen LogP contribution in [0.4, 0.5) is 0 Å². The van der Waals surface area contributed by atoms with Gasteiger partial charge in [-0.1, -0.05) is 41.4 Å². The highest BCUT2D eigenvalue weighted by Gasteiger charge is 2.24. The van der Waals surface area contributed by atoms with Gasteiger partial charge in [0.05, 0.1) is 11.6 Å². The van der Waals surface area contributed by atoms with Crippen molar-refractivity contribution in [1.82, 2.24) is 9.88 Å². The number of aromatic nitrogens is 1. The number of hydrogen-bond donors (Lipinski definition) is 0. The summed E-state index contributed by atoms with van der Waals surface area (Å²) in [7, 11) is 1.70. The van der Waals surface area contributed by atoms with Crippen molar-refractivity contribution in [2.45, 2.75) is 13.0 Å². The number of rotatable bonds is 3. The zero-order valence-electron chi connectivity index (χ0n) is 12.6. The van der Waals surface area contributed by atoms with Crippen LogP contribution in [0, 0.1) is 0 Å². The van der Waals surface area contributed by atoms with Gasteiger partial charge >= 0.3 is 0 Å². The molecular formula is C17H14Cl2N2O2. The van der Waals surface area contributed by atoms with Crippen molar-refractivity contribution < 1.29 is 9.21 Å². The second kappa shape index (κ2) is 6.22. The number of pyridine rings is 1. The monoisotopic (exact) mass is 348 g/mol. The topological polar surface area (TPSA) is 46.3 Å². The van der Waals surface area contributed by atoms with Gasteiger partial charge in [0.1, 0.15) is 21.6 Å². The van der Waals surface area contributed by atoms with Crippen LogP contribution in [0.15, 0.2) is 46.9 Å². The van der Waals surface area contributed by atoms with Gasteiger partial charge in [0, 0.05) is 12.4 Å². The summed E-state index contributed by atoms with van der Waals surface area (Å²) in [6, 6.07) is 12.5. The predicted molar refractivity (Wildman–Crippen MR) is 91.0 cm³/mol. The van der Waals surface area contributed by atoms with Crippen LogP contribution in [-0.4, -0.2) is 22.8 Å². The Morgan fingerprint density at radius 2 is 1.96 bits per heavy atom. The van der Waals surface area contributed by atoms with E-state index in [9.17, 15) is 4.79 Å². The maximum atomic E-state index is 12.6. The Hall–Kier alpha value is -2.04. The molecule has 0 saturated carbocycles. The molecule has 0 fully saturated rings. The van der Waals surface area contributed by atoms with Gasteiger partial charge in [0.15, 0.2) is 0 Å². The van der Waals surface area contributed by atoms with Gasteiger partial charge in [-0.3, -0.25) is 4.79 Å². The predicted octanol–water partition coefficient (Wildman–Crippen LogP) is 4.97. The summed E-state index contributed by atoms with van der Waals surface area (Å²) in [5.74, 6) is 0.465. The van der Waals surface area contributed by atoms with E-state index in [4.69, 9.17) is 27.6 Å². The number of carbonyl (C=O) groups excluding carboxylic acids is 1. The highest BCUT2D eigenvalue weighted by atomic mass is 35.5. The summed E-state index contributed by atoms with van der Waals surface area (Å²) in [4.78, 5) is 18.1. The first-order valence-electron chi connectivity index (χ1n) is 7.05. The molecule has 0 aliphatic heterocycles. The van der Waals surface area contributed by atoms with Gasteiger partial charge in [-0.2, -0.15) is 0 Å². The van der Waals surface area contributed by atoms with E-state index < -0.39 is 0 Å². The molecule has 0 radical (unpaired) electrons. The molecule has 6 heteroatoms. The lowest BCUT2D eigenvalue weighted by Crippen LogP contribution is -2.29. The number of carbonyl (C=O) groups is 1. The molecule has 4 nitrogen and oxygen atoms in total. The van der Waals surface area contributed by atoms with Gasteiger partial charge in [-0.15, -0.1) is 0 Å². The molecule has 2 aromatic heterocycles. The fraction of sp³-hybridized carbons (Fsp3) is 0.176. The normalized spacial score (nSPS) is 12.3. The summed E-state index contributed by atoms with van der Waals surface area (Å²) >= 11 is 11.8. The van der Waals surface area contributed by atoms with Gasteiger partial charge < -0.3 is 9.32 Å². The first-order valence-corrected chi connectivity index (χ1v) is 7.80. The molecular weight excluding hydrogens is 335 g/mol. The summed E-state index contributed by atoms with van der Waals surface area (Å²) in [5.41, 5.74) is 1.10. The lowest BCUT2D eigenvalue weighted by atomic mass is 10.1. The van der Waals surface area contributed by atoms with E-state index in [-0.39, 0.29) is 22.3 Å². The van der Waals surface area contributed by atoms with Crippen LogP contribution in [0.5, 0.6) is 0 Å². The Balaban J connectivity index is 1.89. The van der Waals surface area contributed by atoms with Gasteiger partial charge in [-0.05, 0) is 31.2 Å². The third-order valence-corrected chi connectivity index (χ3v) is 4.30. The molecule has 0 N–H and O–H groups in total. The maximum absolute atomic E-state index is 12.6. The number of halogens is 2. The second-order valence-corrected chi connectivity index (χ2v) is 6.00. The molecule has 3 rings (SSSR count). The van der Waals surface area contributed by atoms with E-state index in [0.29, 0.717) is 11.3 Å². The molecule has 1 amide bonds. The molecule has 0 bridgehead atoms. The van der Waals surface area contributed by atoms with Crippen LogP contribution < -0.4 is 0 Å². The highest BCUT2D eigenvalue weighted by molar-refractivity contribution is 6.34. The van der Waals surface area contributed by atoms with Crippen LogP contribution in [0.2, 0.25) is 10.3 Å². The average Bonchev–Trinajstić information content (AvgIpc) is 2.97. The van der Waals surface area contributed by atoms with E-state index in [0.717, 1.165) is 11.0 Å². The summed E-state index contributed by atoms with van der Waals surface area (Å²) in [5, 5.41) is 1.34. The van der Waals surface area contributed by atoms with Crippen LogP contribution in [-0.2, 0) is 0 Å². The molecule has 0 aliphatic carbocycles. The van der Waals surface area contributed by atoms with Crippen molar-refractivity contribution >= 4 is 40.1 Å². The number of nitrogens with zero attached hydrogens (tertiary/aromatic N) is 2. The van der Waals surface area contributed by atoms with Crippen LogP contribution >= 0.6 is 23.2 Å². The standard InChI is InChI=1S/C17H14Cl2N2O2/c1-10(14-9-11-5-3-4-6-13(11)23-14)21(2)17(22)12-7-8-15(18)20-16(12)19/h3-10H,1-2H3. The fourth-order valence-corrected chi connectivity index (χ4v) is 2.76. The Kier molecular flexibility index (Phi) is 4.28. The van der Waals surface area contributed by atoms with Crippen LogP contribution in [0.1, 0.15) is 29.1 Å². The van der Waals surface area contributed by atoms with Gasteiger partial charge in [0.25, 0.3) is 5.91 Å². The quantitative estimate of drug-likeness (QED) is 0.628. The van der Waals surface area contributed by atoms with Crippen molar-refractivity contribution in [3.63, 3.8) is 0 Å². The van der Waals surface area contributed by atoms with Crippen molar-refractivity contribution in [1.29, 1.82) is 0 Å². The maximum Gasteiger partial charge on any atom is 0.257 e. The summed E-state index contributed by atoms with van der Waals surface area (Å²) in [6.07, 6.45) is 0. The third-order valence-electron chi connectivity index (χ3n) is 3.80. The number of para-hydroxylation sites is 1. The molecule has 23 heavy (non-hydrogen) atoms. The van der Waals surface area contributed by atoms with Crippen molar-refractivity contribution in [2.75, 3.05) is 7.05 Å². The number of hydrogen-bond acceptors (Lipinski definition) is 3. The number of amides is 1.